The van der Waals surface area contributed by atoms with E-state index in [1.54, 1.807) is 20.8 Å². The van der Waals surface area contributed by atoms with Gasteiger partial charge in [-0.3, -0.25) is 0 Å². The van der Waals surface area contributed by atoms with E-state index in [1.807, 2.05) is 0 Å². The minimum atomic E-state index is -0.603. The molecule has 0 aliphatic heterocycles. The Balaban J connectivity index is 2.64. The van der Waals surface area contributed by atoms with Gasteiger partial charge in [-0.05, 0) is 51.2 Å². The van der Waals surface area contributed by atoms with Crippen molar-refractivity contribution < 1.29 is 28.6 Å². The van der Waals surface area contributed by atoms with Crippen molar-refractivity contribution in [3.8, 4) is 0 Å². The third-order valence-electron chi connectivity index (χ3n) is 3.11. The normalized spacial score (nSPS) is 10.5. The monoisotopic (exact) mass is 411 g/mol. The van der Waals surface area contributed by atoms with E-state index in [0.717, 1.165) is 0 Å². The molecule has 154 valence electrons. The second-order valence-corrected chi connectivity index (χ2v) is 7.00. The zero-order valence-electron chi connectivity index (χ0n) is 16.5. The van der Waals surface area contributed by atoms with E-state index in [2.05, 4.69) is 25.4 Å². The molecule has 0 aliphatic carbocycles. The highest BCUT2D eigenvalue weighted by atomic mass is 32.1. The first-order chi connectivity index (χ1) is 13.1. The van der Waals surface area contributed by atoms with Gasteiger partial charge in [0, 0.05) is 18.8 Å². The second kappa shape index (κ2) is 10.5. The number of alkyl carbamates (subject to hydrolysis) is 1. The molecule has 0 unspecified atom stereocenters. The van der Waals surface area contributed by atoms with Crippen LogP contribution in [0.25, 0.3) is 0 Å². The zero-order chi connectivity index (χ0) is 21.3. The Bertz CT molecular complexity index is 711. The molecule has 3 N–H and O–H groups in total. The lowest BCUT2D eigenvalue weighted by Crippen LogP contribution is -2.39. The molecule has 1 amide bonds. The molecule has 0 saturated carbocycles. The Morgan fingerprint density at radius 1 is 0.929 bits per heavy atom. The number of benzene rings is 1. The summed E-state index contributed by atoms with van der Waals surface area (Å²) in [6.45, 7) is 5.94. The lowest BCUT2D eigenvalue weighted by molar-refractivity contribution is 0.0526. The van der Waals surface area contributed by atoms with Crippen LogP contribution in [0.2, 0.25) is 0 Å². The topological polar surface area (TPSA) is 115 Å². The molecule has 28 heavy (non-hydrogen) atoms. The van der Waals surface area contributed by atoms with E-state index >= 15 is 0 Å². The maximum atomic E-state index is 11.8. The standard InChI is InChI=1S/C18H25N3O6S/c1-18(2,3)27-17(24)20-7-6-19-16(28)21-13-9-11(14(22)25-4)8-12(10-13)15(23)26-5/h8-10H,6-7H2,1-5H3,(H,20,24)(H2,19,21,28). The van der Waals surface area contributed by atoms with Crippen LogP contribution in [0.1, 0.15) is 41.5 Å². The third kappa shape index (κ3) is 8.21. The highest BCUT2D eigenvalue weighted by Gasteiger charge is 2.16. The van der Waals surface area contributed by atoms with Crippen LogP contribution in [-0.4, -0.2) is 56.1 Å². The van der Waals surface area contributed by atoms with E-state index in [4.69, 9.17) is 17.0 Å². The maximum absolute atomic E-state index is 11.8. The molecule has 0 fully saturated rings. The number of carbonyl (C=O) groups excluding carboxylic acids is 3. The summed E-state index contributed by atoms with van der Waals surface area (Å²) in [5.74, 6) is -1.21. The van der Waals surface area contributed by atoms with Gasteiger partial charge >= 0.3 is 18.0 Å². The summed E-state index contributed by atoms with van der Waals surface area (Å²) in [6.07, 6.45) is -0.526. The lowest BCUT2D eigenvalue weighted by atomic mass is 10.1. The fraction of sp³-hybridized carbons (Fsp3) is 0.444. The van der Waals surface area contributed by atoms with Gasteiger partial charge in [0.15, 0.2) is 5.11 Å². The number of carbonyl (C=O) groups is 3. The number of methoxy groups -OCH3 is 2. The molecule has 0 heterocycles. The van der Waals surface area contributed by atoms with Crippen molar-refractivity contribution in [3.05, 3.63) is 29.3 Å². The van der Waals surface area contributed by atoms with Gasteiger partial charge in [-0.15, -0.1) is 0 Å². The van der Waals surface area contributed by atoms with E-state index in [9.17, 15) is 14.4 Å². The van der Waals surface area contributed by atoms with Crippen LogP contribution in [0, 0.1) is 0 Å². The molecule has 10 heteroatoms. The summed E-state index contributed by atoms with van der Waals surface area (Å²) in [6, 6.07) is 4.35. The number of amides is 1. The Morgan fingerprint density at radius 3 is 1.89 bits per heavy atom. The van der Waals surface area contributed by atoms with Gasteiger partial charge in [-0.25, -0.2) is 14.4 Å². The molecule has 0 bridgehead atoms. The third-order valence-corrected chi connectivity index (χ3v) is 3.36. The molecule has 9 nitrogen and oxygen atoms in total. The smallest absolute Gasteiger partial charge is 0.407 e. The Hall–Kier alpha value is -2.88. The highest BCUT2D eigenvalue weighted by molar-refractivity contribution is 7.80. The number of rotatable bonds is 6. The van der Waals surface area contributed by atoms with Crippen LogP contribution < -0.4 is 16.0 Å². The molecule has 0 radical (unpaired) electrons. The SMILES string of the molecule is COC(=O)c1cc(NC(=S)NCCNC(=O)OC(C)(C)C)cc(C(=O)OC)c1. The van der Waals surface area contributed by atoms with Gasteiger partial charge in [0.25, 0.3) is 0 Å². The molecule has 1 aromatic carbocycles. The lowest BCUT2D eigenvalue weighted by Gasteiger charge is -2.19. The van der Waals surface area contributed by atoms with Crippen LogP contribution in [0.3, 0.4) is 0 Å². The van der Waals surface area contributed by atoms with Gasteiger partial charge in [0.2, 0.25) is 0 Å². The van der Waals surface area contributed by atoms with Gasteiger partial charge in [-0.1, -0.05) is 0 Å². The quantitative estimate of drug-likeness (QED) is 0.280. The number of hydrogen-bond acceptors (Lipinski definition) is 7. The summed E-state index contributed by atoms with van der Waals surface area (Å²) >= 11 is 5.18. The van der Waals surface area contributed by atoms with Gasteiger partial charge in [0.05, 0.1) is 25.3 Å². The largest absolute Gasteiger partial charge is 0.465 e. The summed E-state index contributed by atoms with van der Waals surface area (Å²) in [4.78, 5) is 35.1. The molecular formula is C18H25N3O6S. The zero-order valence-corrected chi connectivity index (χ0v) is 17.3. The average molecular weight is 411 g/mol. The van der Waals surface area contributed by atoms with E-state index < -0.39 is 23.6 Å². The number of ether oxygens (including phenoxy) is 3. The summed E-state index contributed by atoms with van der Waals surface area (Å²) in [7, 11) is 2.48. The predicted octanol–water partition coefficient (Wildman–Crippen LogP) is 2.07. The maximum Gasteiger partial charge on any atom is 0.407 e. The molecule has 0 aliphatic rings. The van der Waals surface area contributed by atoms with Gasteiger partial charge in [-0.2, -0.15) is 0 Å². The Morgan fingerprint density at radius 2 is 1.43 bits per heavy atom. The van der Waals surface area contributed by atoms with Crippen LogP contribution in [0.15, 0.2) is 18.2 Å². The molecule has 1 rings (SSSR count). The average Bonchev–Trinajstić information content (AvgIpc) is 2.62. The molecule has 0 spiro atoms. The number of nitrogens with one attached hydrogen (secondary N) is 3. The number of esters is 2. The van der Waals surface area contributed by atoms with Crippen LogP contribution in [0.4, 0.5) is 10.5 Å². The fourth-order valence-electron chi connectivity index (χ4n) is 2.00. The van der Waals surface area contributed by atoms with Gasteiger partial charge < -0.3 is 30.2 Å². The summed E-state index contributed by atoms with van der Waals surface area (Å²) in [5, 5.41) is 8.59. The number of thiocarbonyl (C=S) groups is 1. The summed E-state index contributed by atoms with van der Waals surface area (Å²) < 4.78 is 14.5. The molecule has 0 atom stereocenters. The van der Waals surface area contributed by atoms with Crippen LogP contribution in [-0.2, 0) is 14.2 Å². The van der Waals surface area contributed by atoms with Crippen molar-refractivity contribution in [3.63, 3.8) is 0 Å². The van der Waals surface area contributed by atoms with Crippen molar-refractivity contribution >= 4 is 41.0 Å². The molecule has 0 aromatic heterocycles. The molecule has 1 aromatic rings. The van der Waals surface area contributed by atoms with Crippen molar-refractivity contribution in [2.24, 2.45) is 0 Å². The predicted molar refractivity (Wildman–Crippen MR) is 108 cm³/mol. The molecular weight excluding hydrogens is 386 g/mol. The van der Waals surface area contributed by atoms with Crippen molar-refractivity contribution in [1.82, 2.24) is 10.6 Å². The van der Waals surface area contributed by atoms with E-state index in [0.29, 0.717) is 12.2 Å². The Labute approximate surface area is 169 Å². The van der Waals surface area contributed by atoms with Crippen molar-refractivity contribution in [2.45, 2.75) is 26.4 Å². The van der Waals surface area contributed by atoms with Crippen molar-refractivity contribution in [2.75, 3.05) is 32.6 Å². The first kappa shape index (κ1) is 23.2. The first-order valence-corrected chi connectivity index (χ1v) is 8.80. The molecule has 0 saturated heterocycles. The van der Waals surface area contributed by atoms with Crippen molar-refractivity contribution in [1.29, 1.82) is 0 Å². The Kier molecular flexibility index (Phi) is 8.65. The van der Waals surface area contributed by atoms with Crippen LogP contribution >= 0.6 is 12.2 Å². The summed E-state index contributed by atoms with van der Waals surface area (Å²) in [5.41, 5.74) is 0.168. The number of hydrogen-bond donors (Lipinski definition) is 3. The highest BCUT2D eigenvalue weighted by Crippen LogP contribution is 2.17. The minimum absolute atomic E-state index is 0.169. The minimum Gasteiger partial charge on any atom is -0.465 e. The van der Waals surface area contributed by atoms with Gasteiger partial charge in [0.1, 0.15) is 5.60 Å². The number of anilines is 1. The second-order valence-electron chi connectivity index (χ2n) is 6.59. The van der Waals surface area contributed by atoms with E-state index in [-0.39, 0.29) is 22.8 Å². The first-order valence-electron chi connectivity index (χ1n) is 8.39. The van der Waals surface area contributed by atoms with E-state index in [1.165, 1.54) is 32.4 Å². The fourth-order valence-corrected chi connectivity index (χ4v) is 2.22. The van der Waals surface area contributed by atoms with Crippen LogP contribution in [0.5, 0.6) is 0 Å².